The highest BCUT2D eigenvalue weighted by Gasteiger charge is 2.17. The number of nitrogens with zero attached hydrogens (tertiary/aromatic N) is 1. The Balaban J connectivity index is 1.69. The lowest BCUT2D eigenvalue weighted by Crippen LogP contribution is -2.47. The summed E-state index contributed by atoms with van der Waals surface area (Å²) in [6.07, 6.45) is 2.80. The molecule has 2 aliphatic rings. The quantitative estimate of drug-likeness (QED) is 0.625. The maximum absolute atomic E-state index is 3.48. The van der Waals surface area contributed by atoms with Crippen molar-refractivity contribution in [2.45, 2.75) is 12.8 Å². The summed E-state index contributed by atoms with van der Waals surface area (Å²) in [4.78, 5) is 2.61. The van der Waals surface area contributed by atoms with E-state index in [2.05, 4.69) is 15.5 Å². The largest absolute Gasteiger partial charge is 0.316 e. The first-order valence-electron chi connectivity index (χ1n) is 5.59. The van der Waals surface area contributed by atoms with E-state index in [1.54, 1.807) is 0 Å². The fourth-order valence-corrected chi connectivity index (χ4v) is 2.34. The maximum Gasteiger partial charge on any atom is 0.0107 e. The molecule has 0 amide bonds. The van der Waals surface area contributed by atoms with Gasteiger partial charge in [0.15, 0.2) is 0 Å². The third-order valence-corrected chi connectivity index (χ3v) is 3.12. The molecule has 13 heavy (non-hydrogen) atoms. The van der Waals surface area contributed by atoms with Gasteiger partial charge in [-0.3, -0.25) is 0 Å². The van der Waals surface area contributed by atoms with Gasteiger partial charge >= 0.3 is 0 Å². The Morgan fingerprint density at radius 1 is 1.08 bits per heavy atom. The molecule has 0 radical (unpaired) electrons. The summed E-state index contributed by atoms with van der Waals surface area (Å²) in [5.74, 6) is 0.909. The van der Waals surface area contributed by atoms with Gasteiger partial charge in [-0.25, -0.2) is 0 Å². The SMILES string of the molecule is C1CNCC(CN2CCNCC2)C1. The van der Waals surface area contributed by atoms with Crippen molar-refractivity contribution in [1.29, 1.82) is 0 Å². The Morgan fingerprint density at radius 3 is 2.62 bits per heavy atom. The minimum atomic E-state index is 0.909. The van der Waals surface area contributed by atoms with E-state index >= 15 is 0 Å². The summed E-state index contributed by atoms with van der Waals surface area (Å²) in [6, 6.07) is 0. The topological polar surface area (TPSA) is 27.3 Å². The van der Waals surface area contributed by atoms with Gasteiger partial charge in [0.1, 0.15) is 0 Å². The number of hydrogen-bond donors (Lipinski definition) is 2. The molecule has 0 spiro atoms. The Labute approximate surface area is 80.9 Å². The third kappa shape index (κ3) is 2.93. The molecular formula is C10H21N3. The van der Waals surface area contributed by atoms with Crippen molar-refractivity contribution in [3.63, 3.8) is 0 Å². The molecule has 1 unspecified atom stereocenters. The molecule has 76 valence electrons. The molecule has 0 aromatic carbocycles. The molecule has 0 aromatic rings. The van der Waals surface area contributed by atoms with Gasteiger partial charge < -0.3 is 15.5 Å². The summed E-state index contributed by atoms with van der Waals surface area (Å²) in [5, 5.41) is 6.88. The Kier molecular flexibility index (Phi) is 3.58. The number of piperidine rings is 1. The van der Waals surface area contributed by atoms with E-state index in [1.165, 1.54) is 58.7 Å². The summed E-state index contributed by atoms with van der Waals surface area (Å²) < 4.78 is 0. The van der Waals surface area contributed by atoms with Gasteiger partial charge in [0.25, 0.3) is 0 Å². The Morgan fingerprint density at radius 2 is 1.92 bits per heavy atom. The van der Waals surface area contributed by atoms with Gasteiger partial charge in [-0.2, -0.15) is 0 Å². The van der Waals surface area contributed by atoms with E-state index in [0.29, 0.717) is 0 Å². The molecule has 0 bridgehead atoms. The van der Waals surface area contributed by atoms with Gasteiger partial charge in [-0.15, -0.1) is 0 Å². The van der Waals surface area contributed by atoms with Crippen LogP contribution in [-0.4, -0.2) is 50.7 Å². The Hall–Kier alpha value is -0.120. The minimum Gasteiger partial charge on any atom is -0.316 e. The fourth-order valence-electron chi connectivity index (χ4n) is 2.34. The van der Waals surface area contributed by atoms with Crippen LogP contribution in [0.4, 0.5) is 0 Å². The standard InChI is InChI=1S/C10H21N3/c1-2-10(8-12-3-1)9-13-6-4-11-5-7-13/h10-12H,1-9H2. The second-order valence-electron chi connectivity index (χ2n) is 4.26. The lowest BCUT2D eigenvalue weighted by Gasteiger charge is -2.32. The molecule has 2 fully saturated rings. The fraction of sp³-hybridized carbons (Fsp3) is 1.00. The molecule has 3 nitrogen and oxygen atoms in total. The predicted octanol–water partition coefficient (Wildman–Crippen LogP) is -0.109. The Bertz CT molecular complexity index is 121. The highest BCUT2D eigenvalue weighted by molar-refractivity contribution is 4.75. The molecule has 3 heteroatoms. The monoisotopic (exact) mass is 183 g/mol. The van der Waals surface area contributed by atoms with E-state index in [4.69, 9.17) is 0 Å². The van der Waals surface area contributed by atoms with Gasteiger partial charge in [0.2, 0.25) is 0 Å². The van der Waals surface area contributed by atoms with Crippen LogP contribution in [0.5, 0.6) is 0 Å². The van der Waals surface area contributed by atoms with Gasteiger partial charge in [0, 0.05) is 32.7 Å². The number of rotatable bonds is 2. The second kappa shape index (κ2) is 4.94. The van der Waals surface area contributed by atoms with Crippen molar-refractivity contribution in [2.24, 2.45) is 5.92 Å². The molecule has 0 aliphatic carbocycles. The number of nitrogens with one attached hydrogen (secondary N) is 2. The van der Waals surface area contributed by atoms with Crippen LogP contribution in [0.3, 0.4) is 0 Å². The normalized spacial score (nSPS) is 31.8. The first kappa shape index (κ1) is 9.44. The van der Waals surface area contributed by atoms with Gasteiger partial charge in [0.05, 0.1) is 0 Å². The van der Waals surface area contributed by atoms with Crippen molar-refractivity contribution in [3.05, 3.63) is 0 Å². The zero-order valence-electron chi connectivity index (χ0n) is 8.39. The van der Waals surface area contributed by atoms with Crippen LogP contribution in [0.15, 0.2) is 0 Å². The van der Waals surface area contributed by atoms with Crippen molar-refractivity contribution >= 4 is 0 Å². The minimum absolute atomic E-state index is 0.909. The number of hydrogen-bond acceptors (Lipinski definition) is 3. The summed E-state index contributed by atoms with van der Waals surface area (Å²) in [7, 11) is 0. The average molecular weight is 183 g/mol. The van der Waals surface area contributed by atoms with Crippen molar-refractivity contribution in [1.82, 2.24) is 15.5 Å². The number of piperazine rings is 1. The zero-order valence-corrected chi connectivity index (χ0v) is 8.39. The van der Waals surface area contributed by atoms with Crippen LogP contribution >= 0.6 is 0 Å². The van der Waals surface area contributed by atoms with Crippen LogP contribution in [0.25, 0.3) is 0 Å². The van der Waals surface area contributed by atoms with Crippen LogP contribution in [0.1, 0.15) is 12.8 Å². The van der Waals surface area contributed by atoms with Crippen LogP contribution in [0.2, 0.25) is 0 Å². The molecule has 2 heterocycles. The van der Waals surface area contributed by atoms with Crippen molar-refractivity contribution in [2.75, 3.05) is 45.8 Å². The second-order valence-corrected chi connectivity index (χ2v) is 4.26. The third-order valence-electron chi connectivity index (χ3n) is 3.12. The van der Waals surface area contributed by atoms with Crippen LogP contribution < -0.4 is 10.6 Å². The smallest absolute Gasteiger partial charge is 0.0107 e. The van der Waals surface area contributed by atoms with E-state index in [0.717, 1.165) is 5.92 Å². The molecule has 1 atom stereocenters. The highest BCUT2D eigenvalue weighted by atomic mass is 15.2. The molecule has 2 aliphatic heterocycles. The summed E-state index contributed by atoms with van der Waals surface area (Å²) >= 11 is 0. The first-order chi connectivity index (χ1) is 6.45. The van der Waals surface area contributed by atoms with Crippen LogP contribution in [-0.2, 0) is 0 Å². The van der Waals surface area contributed by atoms with Crippen molar-refractivity contribution < 1.29 is 0 Å². The van der Waals surface area contributed by atoms with E-state index in [1.807, 2.05) is 0 Å². The molecule has 2 saturated heterocycles. The predicted molar refractivity (Wildman–Crippen MR) is 54.9 cm³/mol. The molecule has 0 aromatic heterocycles. The molecule has 2 N–H and O–H groups in total. The maximum atomic E-state index is 3.48. The van der Waals surface area contributed by atoms with E-state index < -0.39 is 0 Å². The average Bonchev–Trinajstić information content (AvgIpc) is 2.21. The lowest BCUT2D eigenvalue weighted by molar-refractivity contribution is 0.188. The zero-order chi connectivity index (χ0) is 8.93. The molecule has 2 rings (SSSR count). The summed E-state index contributed by atoms with van der Waals surface area (Å²) in [6.45, 7) is 8.64. The summed E-state index contributed by atoms with van der Waals surface area (Å²) in [5.41, 5.74) is 0. The van der Waals surface area contributed by atoms with E-state index in [-0.39, 0.29) is 0 Å². The molecular weight excluding hydrogens is 162 g/mol. The van der Waals surface area contributed by atoms with E-state index in [9.17, 15) is 0 Å². The first-order valence-corrected chi connectivity index (χ1v) is 5.59. The van der Waals surface area contributed by atoms with Gasteiger partial charge in [-0.1, -0.05) is 0 Å². The van der Waals surface area contributed by atoms with Crippen LogP contribution in [0, 0.1) is 5.92 Å². The lowest BCUT2D eigenvalue weighted by atomic mass is 9.99. The highest BCUT2D eigenvalue weighted by Crippen LogP contribution is 2.11. The van der Waals surface area contributed by atoms with Gasteiger partial charge in [-0.05, 0) is 31.8 Å². The molecule has 0 saturated carbocycles. The van der Waals surface area contributed by atoms with Crippen molar-refractivity contribution in [3.8, 4) is 0 Å².